The summed E-state index contributed by atoms with van der Waals surface area (Å²) in [6, 6.07) is 4.49. The molecule has 0 aliphatic heterocycles. The van der Waals surface area contributed by atoms with Gasteiger partial charge in [-0.1, -0.05) is 6.07 Å². The van der Waals surface area contributed by atoms with E-state index in [-0.39, 0.29) is 30.7 Å². The molecule has 0 aliphatic carbocycles. The maximum atomic E-state index is 13.4. The van der Waals surface area contributed by atoms with Crippen molar-refractivity contribution < 1.29 is 13.9 Å². The van der Waals surface area contributed by atoms with Gasteiger partial charge >= 0.3 is 5.97 Å². The molecule has 4 nitrogen and oxygen atoms in total. The molecule has 0 radical (unpaired) electrons. The van der Waals surface area contributed by atoms with Gasteiger partial charge in [0, 0.05) is 12.1 Å². The van der Waals surface area contributed by atoms with Crippen LogP contribution in [0.25, 0.3) is 0 Å². The van der Waals surface area contributed by atoms with Gasteiger partial charge in [0.05, 0.1) is 24.7 Å². The third kappa shape index (κ3) is 3.02. The van der Waals surface area contributed by atoms with Crippen LogP contribution >= 0.6 is 0 Å². The third-order valence-corrected chi connectivity index (χ3v) is 2.30. The summed E-state index contributed by atoms with van der Waals surface area (Å²) in [4.78, 5) is 11.3. The van der Waals surface area contributed by atoms with Crippen LogP contribution in [0.4, 0.5) is 4.39 Å². The molecule has 0 unspecified atom stereocenters. The minimum Gasteiger partial charge on any atom is -0.466 e. The predicted octanol–water partition coefficient (Wildman–Crippen LogP) is 1.26. The van der Waals surface area contributed by atoms with Gasteiger partial charge in [-0.2, -0.15) is 5.26 Å². The quantitative estimate of drug-likeness (QED) is 0.798. The Labute approximate surface area is 98.8 Å². The van der Waals surface area contributed by atoms with Crippen molar-refractivity contribution in [1.29, 1.82) is 5.26 Å². The van der Waals surface area contributed by atoms with Gasteiger partial charge in [-0.05, 0) is 18.6 Å². The summed E-state index contributed by atoms with van der Waals surface area (Å²) < 4.78 is 18.1. The maximum Gasteiger partial charge on any atom is 0.310 e. The average molecular weight is 236 g/mol. The lowest BCUT2D eigenvalue weighted by atomic mass is 9.99. The van der Waals surface area contributed by atoms with E-state index >= 15 is 0 Å². The zero-order valence-electron chi connectivity index (χ0n) is 9.50. The van der Waals surface area contributed by atoms with Crippen molar-refractivity contribution in [2.24, 2.45) is 5.73 Å². The molecule has 0 saturated carbocycles. The first-order chi connectivity index (χ1) is 8.13. The monoisotopic (exact) mass is 236 g/mol. The van der Waals surface area contributed by atoms with Crippen LogP contribution in [-0.2, 0) is 22.5 Å². The SMILES string of the molecule is CCOC(=O)Cc1ccc(F)c(CN)c1C#N. The van der Waals surface area contributed by atoms with E-state index in [1.54, 1.807) is 6.92 Å². The highest BCUT2D eigenvalue weighted by Crippen LogP contribution is 2.18. The molecule has 0 fully saturated rings. The van der Waals surface area contributed by atoms with E-state index in [1.807, 2.05) is 6.07 Å². The topological polar surface area (TPSA) is 76.1 Å². The highest BCUT2D eigenvalue weighted by Gasteiger charge is 2.15. The van der Waals surface area contributed by atoms with Gasteiger partial charge in [-0.15, -0.1) is 0 Å². The van der Waals surface area contributed by atoms with Crippen molar-refractivity contribution in [1.82, 2.24) is 0 Å². The summed E-state index contributed by atoms with van der Waals surface area (Å²) in [6.07, 6.45) is -0.0516. The largest absolute Gasteiger partial charge is 0.466 e. The number of ether oxygens (including phenoxy) is 1. The van der Waals surface area contributed by atoms with Gasteiger partial charge in [0.1, 0.15) is 5.82 Å². The normalized spacial score (nSPS) is 9.76. The number of hydrogen-bond acceptors (Lipinski definition) is 4. The fourth-order valence-electron chi connectivity index (χ4n) is 1.52. The molecule has 0 bridgehead atoms. The Balaban J connectivity index is 3.09. The third-order valence-electron chi connectivity index (χ3n) is 2.30. The van der Waals surface area contributed by atoms with Crippen LogP contribution in [-0.4, -0.2) is 12.6 Å². The Morgan fingerprint density at radius 3 is 2.82 bits per heavy atom. The van der Waals surface area contributed by atoms with Crippen LogP contribution in [0.1, 0.15) is 23.6 Å². The number of rotatable bonds is 4. The van der Waals surface area contributed by atoms with E-state index in [1.165, 1.54) is 12.1 Å². The number of hydrogen-bond donors (Lipinski definition) is 1. The number of halogens is 1. The summed E-state index contributed by atoms with van der Waals surface area (Å²) in [5, 5.41) is 8.97. The number of benzene rings is 1. The fourth-order valence-corrected chi connectivity index (χ4v) is 1.52. The van der Waals surface area contributed by atoms with Gasteiger partial charge in [0.2, 0.25) is 0 Å². The second kappa shape index (κ2) is 5.97. The first kappa shape index (κ1) is 13.1. The number of carbonyl (C=O) groups excluding carboxylic acids is 1. The molecule has 5 heteroatoms. The van der Waals surface area contributed by atoms with E-state index in [4.69, 9.17) is 15.7 Å². The lowest BCUT2D eigenvalue weighted by Gasteiger charge is -2.08. The molecule has 17 heavy (non-hydrogen) atoms. The van der Waals surface area contributed by atoms with Gasteiger partial charge < -0.3 is 10.5 Å². The minimum atomic E-state index is -0.531. The van der Waals surface area contributed by atoms with Crippen molar-refractivity contribution >= 4 is 5.97 Å². The van der Waals surface area contributed by atoms with Crippen molar-refractivity contribution in [3.63, 3.8) is 0 Å². The molecular weight excluding hydrogens is 223 g/mol. The first-order valence-corrected chi connectivity index (χ1v) is 5.20. The molecule has 0 amide bonds. The fraction of sp³-hybridized carbons (Fsp3) is 0.333. The van der Waals surface area contributed by atoms with Gasteiger partial charge in [0.15, 0.2) is 0 Å². The van der Waals surface area contributed by atoms with E-state index < -0.39 is 11.8 Å². The maximum absolute atomic E-state index is 13.4. The Morgan fingerprint density at radius 2 is 2.29 bits per heavy atom. The highest BCUT2D eigenvalue weighted by molar-refractivity contribution is 5.73. The Morgan fingerprint density at radius 1 is 1.59 bits per heavy atom. The minimum absolute atomic E-state index is 0.0516. The molecule has 1 rings (SSSR count). The zero-order chi connectivity index (χ0) is 12.8. The van der Waals surface area contributed by atoms with Crippen molar-refractivity contribution in [2.45, 2.75) is 19.9 Å². The smallest absolute Gasteiger partial charge is 0.310 e. The Bertz CT molecular complexity index is 466. The Kier molecular flexibility index (Phi) is 4.61. The van der Waals surface area contributed by atoms with E-state index in [0.717, 1.165) is 0 Å². The van der Waals surface area contributed by atoms with E-state index in [9.17, 15) is 9.18 Å². The van der Waals surface area contributed by atoms with Crippen LogP contribution in [0.2, 0.25) is 0 Å². The second-order valence-electron chi connectivity index (χ2n) is 3.36. The van der Waals surface area contributed by atoms with Crippen LogP contribution in [0.5, 0.6) is 0 Å². The summed E-state index contributed by atoms with van der Waals surface area (Å²) >= 11 is 0. The lowest BCUT2D eigenvalue weighted by Crippen LogP contribution is -2.11. The number of nitrogens with two attached hydrogens (primary N) is 1. The molecule has 0 saturated heterocycles. The predicted molar refractivity (Wildman–Crippen MR) is 59.3 cm³/mol. The van der Waals surface area contributed by atoms with Crippen LogP contribution < -0.4 is 5.73 Å². The van der Waals surface area contributed by atoms with Crippen LogP contribution in [0, 0.1) is 17.1 Å². The summed E-state index contributed by atoms with van der Waals surface area (Å²) in [5.41, 5.74) is 6.08. The van der Waals surface area contributed by atoms with Crippen molar-refractivity contribution in [2.75, 3.05) is 6.61 Å². The number of nitriles is 1. The van der Waals surface area contributed by atoms with Gasteiger partial charge in [0.25, 0.3) is 0 Å². The van der Waals surface area contributed by atoms with Crippen LogP contribution in [0.15, 0.2) is 12.1 Å². The zero-order valence-corrected chi connectivity index (χ0v) is 9.50. The molecule has 0 aliphatic rings. The molecule has 0 aromatic heterocycles. The van der Waals surface area contributed by atoms with Crippen LogP contribution in [0.3, 0.4) is 0 Å². The lowest BCUT2D eigenvalue weighted by molar-refractivity contribution is -0.142. The molecular formula is C12H13FN2O2. The van der Waals surface area contributed by atoms with Gasteiger partial charge in [-0.25, -0.2) is 4.39 Å². The molecule has 0 atom stereocenters. The molecule has 0 spiro atoms. The van der Waals surface area contributed by atoms with Gasteiger partial charge in [-0.3, -0.25) is 4.79 Å². The molecule has 90 valence electrons. The molecule has 2 N–H and O–H groups in total. The van der Waals surface area contributed by atoms with Crippen molar-refractivity contribution in [3.05, 3.63) is 34.6 Å². The number of esters is 1. The van der Waals surface area contributed by atoms with E-state index in [2.05, 4.69) is 0 Å². The average Bonchev–Trinajstić information content (AvgIpc) is 2.31. The molecule has 1 aromatic rings. The molecule has 1 aromatic carbocycles. The van der Waals surface area contributed by atoms with Crippen molar-refractivity contribution in [3.8, 4) is 6.07 Å². The van der Waals surface area contributed by atoms with E-state index in [0.29, 0.717) is 5.56 Å². The summed E-state index contributed by atoms with van der Waals surface area (Å²) in [7, 11) is 0. The summed E-state index contributed by atoms with van der Waals surface area (Å²) in [6.45, 7) is 1.89. The Hall–Kier alpha value is -1.93. The number of carbonyl (C=O) groups is 1. The first-order valence-electron chi connectivity index (χ1n) is 5.20. The number of nitrogens with zero attached hydrogens (tertiary/aromatic N) is 1. The highest BCUT2D eigenvalue weighted by atomic mass is 19.1. The molecule has 0 heterocycles. The second-order valence-corrected chi connectivity index (χ2v) is 3.36. The summed E-state index contributed by atoms with van der Waals surface area (Å²) in [5.74, 6) is -0.977. The standard InChI is InChI=1S/C12H13FN2O2/c1-2-17-12(16)5-8-3-4-11(13)10(7-15)9(8)6-14/h3-4H,2,5,7,15H2,1H3.